The number of nitrogens with two attached hydrogens (primary N) is 1. The van der Waals surface area contributed by atoms with Gasteiger partial charge in [0.1, 0.15) is 5.76 Å². The highest BCUT2D eigenvalue weighted by molar-refractivity contribution is 14.0. The number of nitrogens with one attached hydrogen (secondary N) is 1. The molecule has 0 bridgehead atoms. The van der Waals surface area contributed by atoms with Crippen LogP contribution in [0.15, 0.2) is 27.8 Å². The van der Waals surface area contributed by atoms with E-state index >= 15 is 0 Å². The molecule has 1 aliphatic rings. The summed E-state index contributed by atoms with van der Waals surface area (Å²) in [5.74, 6) is 1.41. The predicted molar refractivity (Wildman–Crippen MR) is 94.0 cm³/mol. The van der Waals surface area contributed by atoms with Gasteiger partial charge in [-0.05, 0) is 38.1 Å². The highest BCUT2D eigenvalue weighted by atomic mass is 127. The smallest absolute Gasteiger partial charge is 0.188 e. The van der Waals surface area contributed by atoms with Crippen molar-refractivity contribution >= 4 is 29.9 Å². The Bertz CT molecular complexity index is 405. The molecule has 21 heavy (non-hydrogen) atoms. The SMILES string of the molecule is COCCNC(N)=NCC(c1ccco1)N1CCCC1.I. The molecule has 0 aromatic carbocycles. The summed E-state index contributed by atoms with van der Waals surface area (Å²) in [6, 6.07) is 4.10. The third-order valence-electron chi connectivity index (χ3n) is 3.50. The monoisotopic (exact) mass is 408 g/mol. The highest BCUT2D eigenvalue weighted by Gasteiger charge is 2.25. The van der Waals surface area contributed by atoms with Gasteiger partial charge >= 0.3 is 0 Å². The quantitative estimate of drug-likeness (QED) is 0.310. The van der Waals surface area contributed by atoms with Crippen LogP contribution in [-0.2, 0) is 4.74 Å². The van der Waals surface area contributed by atoms with Crippen LogP contribution in [0.4, 0.5) is 0 Å². The van der Waals surface area contributed by atoms with Crippen LogP contribution in [0.5, 0.6) is 0 Å². The topological polar surface area (TPSA) is 76.0 Å². The molecule has 1 aromatic rings. The van der Waals surface area contributed by atoms with Gasteiger partial charge in [0.25, 0.3) is 0 Å². The Morgan fingerprint density at radius 3 is 2.90 bits per heavy atom. The third kappa shape index (κ3) is 5.84. The molecule has 1 atom stereocenters. The fraction of sp³-hybridized carbons (Fsp3) is 0.643. The van der Waals surface area contributed by atoms with E-state index in [2.05, 4.69) is 15.2 Å². The van der Waals surface area contributed by atoms with E-state index in [-0.39, 0.29) is 30.0 Å². The Morgan fingerprint density at radius 2 is 2.29 bits per heavy atom. The molecule has 1 unspecified atom stereocenters. The van der Waals surface area contributed by atoms with E-state index in [1.165, 1.54) is 12.8 Å². The fourth-order valence-electron chi connectivity index (χ4n) is 2.44. The summed E-state index contributed by atoms with van der Waals surface area (Å²) in [6.45, 7) is 4.08. The molecule has 1 aromatic heterocycles. The van der Waals surface area contributed by atoms with Gasteiger partial charge in [0.05, 0.1) is 25.5 Å². The number of hydrogen-bond acceptors (Lipinski definition) is 4. The highest BCUT2D eigenvalue weighted by Crippen LogP contribution is 2.25. The maximum absolute atomic E-state index is 5.85. The Balaban J connectivity index is 0.00000220. The van der Waals surface area contributed by atoms with Gasteiger partial charge in [-0.2, -0.15) is 0 Å². The zero-order valence-electron chi connectivity index (χ0n) is 12.5. The Hall–Kier alpha value is -0.800. The number of rotatable bonds is 7. The van der Waals surface area contributed by atoms with E-state index in [0.717, 1.165) is 18.8 Å². The predicted octanol–water partition coefficient (Wildman–Crippen LogP) is 1.59. The Kier molecular flexibility index (Phi) is 8.70. The molecule has 0 saturated carbocycles. The maximum atomic E-state index is 5.85. The van der Waals surface area contributed by atoms with Crippen molar-refractivity contribution < 1.29 is 9.15 Å². The van der Waals surface area contributed by atoms with Gasteiger partial charge < -0.3 is 20.2 Å². The average Bonchev–Trinajstić information content (AvgIpc) is 3.12. The number of ether oxygens (including phenoxy) is 1. The van der Waals surface area contributed by atoms with Crippen LogP contribution >= 0.6 is 24.0 Å². The minimum absolute atomic E-state index is 0. The van der Waals surface area contributed by atoms with E-state index in [4.69, 9.17) is 14.9 Å². The Morgan fingerprint density at radius 1 is 1.52 bits per heavy atom. The molecule has 2 heterocycles. The zero-order valence-corrected chi connectivity index (χ0v) is 14.8. The van der Waals surface area contributed by atoms with Crippen molar-refractivity contribution in [1.29, 1.82) is 0 Å². The van der Waals surface area contributed by atoms with E-state index in [1.807, 2.05) is 12.1 Å². The molecule has 3 N–H and O–H groups in total. The summed E-state index contributed by atoms with van der Waals surface area (Å²) >= 11 is 0. The second kappa shape index (κ2) is 10.0. The first-order chi connectivity index (χ1) is 9.81. The van der Waals surface area contributed by atoms with Crippen molar-refractivity contribution in [2.75, 3.05) is 39.9 Å². The van der Waals surface area contributed by atoms with Crippen LogP contribution in [0.3, 0.4) is 0 Å². The number of likely N-dealkylation sites (tertiary alicyclic amines) is 1. The first kappa shape index (κ1) is 18.2. The van der Waals surface area contributed by atoms with Gasteiger partial charge in [-0.15, -0.1) is 24.0 Å². The summed E-state index contributed by atoms with van der Waals surface area (Å²) in [5.41, 5.74) is 5.85. The molecule has 0 amide bonds. The summed E-state index contributed by atoms with van der Waals surface area (Å²) < 4.78 is 10.5. The number of halogens is 1. The first-order valence-electron chi connectivity index (χ1n) is 7.11. The van der Waals surface area contributed by atoms with Crippen LogP contribution in [-0.4, -0.2) is 50.8 Å². The van der Waals surface area contributed by atoms with Crippen molar-refractivity contribution in [3.63, 3.8) is 0 Å². The van der Waals surface area contributed by atoms with Gasteiger partial charge in [-0.1, -0.05) is 0 Å². The van der Waals surface area contributed by atoms with Gasteiger partial charge in [0.15, 0.2) is 5.96 Å². The van der Waals surface area contributed by atoms with Crippen LogP contribution in [0.1, 0.15) is 24.6 Å². The minimum Gasteiger partial charge on any atom is -0.468 e. The zero-order chi connectivity index (χ0) is 14.2. The van der Waals surface area contributed by atoms with Crippen molar-refractivity contribution in [2.45, 2.75) is 18.9 Å². The third-order valence-corrected chi connectivity index (χ3v) is 3.50. The summed E-state index contributed by atoms with van der Waals surface area (Å²) in [7, 11) is 1.66. The van der Waals surface area contributed by atoms with E-state index in [9.17, 15) is 0 Å². The van der Waals surface area contributed by atoms with E-state index in [0.29, 0.717) is 25.7 Å². The number of nitrogens with zero attached hydrogens (tertiary/aromatic N) is 2. The van der Waals surface area contributed by atoms with E-state index in [1.54, 1.807) is 13.4 Å². The molecule has 0 aliphatic carbocycles. The molecular weight excluding hydrogens is 383 g/mol. The standard InChI is InChI=1S/C14H24N4O2.HI/c1-19-10-6-16-14(15)17-11-12(13-5-4-9-20-13)18-7-2-3-8-18;/h4-5,9,12H,2-3,6-8,10-11H2,1H3,(H3,15,16,17);1H. The van der Waals surface area contributed by atoms with Crippen molar-refractivity contribution in [3.05, 3.63) is 24.2 Å². The van der Waals surface area contributed by atoms with Gasteiger partial charge in [-0.3, -0.25) is 9.89 Å². The molecule has 7 heteroatoms. The number of guanidine groups is 1. The van der Waals surface area contributed by atoms with Gasteiger partial charge in [0.2, 0.25) is 0 Å². The van der Waals surface area contributed by atoms with E-state index < -0.39 is 0 Å². The van der Waals surface area contributed by atoms with Crippen molar-refractivity contribution in [2.24, 2.45) is 10.7 Å². The lowest BCUT2D eigenvalue weighted by molar-refractivity contribution is 0.203. The van der Waals surface area contributed by atoms with Gasteiger partial charge in [0, 0.05) is 13.7 Å². The van der Waals surface area contributed by atoms with Crippen LogP contribution < -0.4 is 11.1 Å². The van der Waals surface area contributed by atoms with Crippen LogP contribution in [0, 0.1) is 0 Å². The fourth-order valence-corrected chi connectivity index (χ4v) is 2.44. The molecule has 0 radical (unpaired) electrons. The van der Waals surface area contributed by atoms with Crippen LogP contribution in [0.25, 0.3) is 0 Å². The minimum atomic E-state index is 0. The Labute approximate surface area is 143 Å². The van der Waals surface area contributed by atoms with Crippen molar-refractivity contribution in [3.8, 4) is 0 Å². The largest absolute Gasteiger partial charge is 0.468 e. The molecule has 1 fully saturated rings. The summed E-state index contributed by atoms with van der Waals surface area (Å²) in [4.78, 5) is 6.83. The summed E-state index contributed by atoms with van der Waals surface area (Å²) in [5, 5.41) is 3.03. The number of aliphatic imine (C=N–C) groups is 1. The maximum Gasteiger partial charge on any atom is 0.188 e. The normalized spacial score (nSPS) is 17.5. The molecule has 1 aliphatic heterocycles. The molecule has 0 spiro atoms. The molecule has 2 rings (SSSR count). The molecular formula is C14H25IN4O2. The van der Waals surface area contributed by atoms with Crippen molar-refractivity contribution in [1.82, 2.24) is 10.2 Å². The molecule has 120 valence electrons. The second-order valence-corrected chi connectivity index (χ2v) is 4.92. The lowest BCUT2D eigenvalue weighted by Crippen LogP contribution is -2.35. The molecule has 6 nitrogen and oxygen atoms in total. The summed E-state index contributed by atoms with van der Waals surface area (Å²) in [6.07, 6.45) is 4.19. The number of hydrogen-bond donors (Lipinski definition) is 2. The van der Waals surface area contributed by atoms with Gasteiger partial charge in [-0.25, -0.2) is 0 Å². The second-order valence-electron chi connectivity index (χ2n) is 4.92. The number of methoxy groups -OCH3 is 1. The lowest BCUT2D eigenvalue weighted by Gasteiger charge is -2.24. The average molecular weight is 408 g/mol. The number of furan rings is 1. The van der Waals surface area contributed by atoms with Crippen LogP contribution in [0.2, 0.25) is 0 Å². The molecule has 1 saturated heterocycles. The lowest BCUT2D eigenvalue weighted by atomic mass is 10.2. The first-order valence-corrected chi connectivity index (χ1v) is 7.11.